The van der Waals surface area contributed by atoms with Crippen molar-refractivity contribution in [3.05, 3.63) is 66.0 Å². The van der Waals surface area contributed by atoms with E-state index >= 15 is 0 Å². The molecule has 23 heavy (non-hydrogen) atoms. The van der Waals surface area contributed by atoms with Gasteiger partial charge in [-0.05, 0) is 31.5 Å². The van der Waals surface area contributed by atoms with Crippen LogP contribution < -0.4 is 10.6 Å². The van der Waals surface area contributed by atoms with Crippen molar-refractivity contribution < 1.29 is 9.59 Å². The van der Waals surface area contributed by atoms with Crippen molar-refractivity contribution in [3.8, 4) is 0 Å². The van der Waals surface area contributed by atoms with Gasteiger partial charge >= 0.3 is 0 Å². The maximum atomic E-state index is 12.4. The van der Waals surface area contributed by atoms with E-state index in [1.165, 1.54) is 6.20 Å². The number of nitrogens with one attached hydrogen (secondary N) is 2. The smallest absolute Gasteiger partial charge is 0.253 e. The Morgan fingerprint density at radius 2 is 1.78 bits per heavy atom. The Hall–Kier alpha value is -2.69. The molecule has 2 amide bonds. The van der Waals surface area contributed by atoms with Crippen LogP contribution in [0.4, 0.5) is 0 Å². The van der Waals surface area contributed by atoms with Crippen molar-refractivity contribution in [3.63, 3.8) is 0 Å². The molecule has 0 saturated carbocycles. The topological polar surface area (TPSA) is 71.1 Å². The molecule has 1 atom stereocenters. The highest BCUT2D eigenvalue weighted by Gasteiger charge is 2.22. The van der Waals surface area contributed by atoms with Crippen molar-refractivity contribution >= 4 is 11.8 Å². The maximum absolute atomic E-state index is 12.4. The Kier molecular flexibility index (Phi) is 5.86. The second-order valence-electron chi connectivity index (χ2n) is 5.62. The van der Waals surface area contributed by atoms with E-state index in [1.54, 1.807) is 18.3 Å². The molecule has 0 radical (unpaired) electrons. The first-order valence-corrected chi connectivity index (χ1v) is 7.61. The summed E-state index contributed by atoms with van der Waals surface area (Å²) >= 11 is 0. The van der Waals surface area contributed by atoms with Crippen LogP contribution in [0.15, 0.2) is 54.9 Å². The molecule has 0 aliphatic rings. The van der Waals surface area contributed by atoms with Crippen molar-refractivity contribution in [2.24, 2.45) is 0 Å². The third kappa shape index (κ3) is 5.21. The minimum Gasteiger partial charge on any atom is -0.352 e. The molecule has 120 valence electrons. The fourth-order valence-corrected chi connectivity index (χ4v) is 2.18. The second kappa shape index (κ2) is 8.08. The van der Waals surface area contributed by atoms with E-state index < -0.39 is 6.04 Å². The SMILES string of the molecule is CC(C)NC(=O)[C@@H](Cc1ccccc1)NC(=O)c1cccnc1. The van der Waals surface area contributed by atoms with Crippen LogP contribution in [0.3, 0.4) is 0 Å². The lowest BCUT2D eigenvalue weighted by Crippen LogP contribution is -2.49. The number of aromatic nitrogens is 1. The summed E-state index contributed by atoms with van der Waals surface area (Å²) in [6.07, 6.45) is 3.52. The number of rotatable bonds is 6. The lowest BCUT2D eigenvalue weighted by Gasteiger charge is -2.20. The molecule has 1 aromatic heterocycles. The highest BCUT2D eigenvalue weighted by Crippen LogP contribution is 2.05. The largest absolute Gasteiger partial charge is 0.352 e. The quantitative estimate of drug-likeness (QED) is 0.856. The lowest BCUT2D eigenvalue weighted by molar-refractivity contribution is -0.123. The summed E-state index contributed by atoms with van der Waals surface area (Å²) in [7, 11) is 0. The van der Waals surface area contributed by atoms with E-state index in [-0.39, 0.29) is 17.9 Å². The van der Waals surface area contributed by atoms with Crippen LogP contribution in [0.1, 0.15) is 29.8 Å². The average molecular weight is 311 g/mol. The standard InChI is InChI=1S/C18H21N3O2/c1-13(2)20-18(23)16(11-14-7-4-3-5-8-14)21-17(22)15-9-6-10-19-12-15/h3-10,12-13,16H,11H2,1-2H3,(H,20,23)(H,21,22)/t16-/m1/s1. The Balaban J connectivity index is 2.12. The summed E-state index contributed by atoms with van der Waals surface area (Å²) in [6.45, 7) is 3.78. The molecular weight excluding hydrogens is 290 g/mol. The van der Waals surface area contributed by atoms with Crippen molar-refractivity contribution in [1.82, 2.24) is 15.6 Å². The normalized spacial score (nSPS) is 11.8. The summed E-state index contributed by atoms with van der Waals surface area (Å²) in [4.78, 5) is 28.6. The number of carbonyl (C=O) groups excluding carboxylic acids is 2. The number of nitrogens with zero attached hydrogens (tertiary/aromatic N) is 1. The number of benzene rings is 1. The van der Waals surface area contributed by atoms with Gasteiger partial charge in [-0.25, -0.2) is 0 Å². The number of hydrogen-bond acceptors (Lipinski definition) is 3. The van der Waals surface area contributed by atoms with Gasteiger partial charge in [0.05, 0.1) is 5.56 Å². The van der Waals surface area contributed by atoms with Crippen LogP contribution in [0.2, 0.25) is 0 Å². The predicted molar refractivity (Wildman–Crippen MR) is 88.9 cm³/mol. The van der Waals surface area contributed by atoms with E-state index in [4.69, 9.17) is 0 Å². The first kappa shape index (κ1) is 16.7. The monoisotopic (exact) mass is 311 g/mol. The van der Waals surface area contributed by atoms with Gasteiger partial charge < -0.3 is 10.6 Å². The molecule has 0 aliphatic carbocycles. The number of carbonyl (C=O) groups is 2. The molecule has 1 heterocycles. The Labute approximate surface area is 136 Å². The molecule has 1 aromatic carbocycles. The fraction of sp³-hybridized carbons (Fsp3) is 0.278. The van der Waals surface area contributed by atoms with Crippen LogP contribution in [-0.4, -0.2) is 28.9 Å². The molecule has 0 bridgehead atoms. The molecule has 2 aromatic rings. The molecule has 5 heteroatoms. The third-order valence-electron chi connectivity index (χ3n) is 3.26. The van der Waals surface area contributed by atoms with E-state index in [9.17, 15) is 9.59 Å². The summed E-state index contributed by atoms with van der Waals surface area (Å²) in [5, 5.41) is 5.65. The zero-order valence-corrected chi connectivity index (χ0v) is 13.3. The fourth-order valence-electron chi connectivity index (χ4n) is 2.18. The van der Waals surface area contributed by atoms with Crippen molar-refractivity contribution in [1.29, 1.82) is 0 Å². The molecule has 0 unspecified atom stereocenters. The van der Waals surface area contributed by atoms with Gasteiger partial charge in [-0.2, -0.15) is 0 Å². The van der Waals surface area contributed by atoms with E-state index in [0.29, 0.717) is 12.0 Å². The van der Waals surface area contributed by atoms with Crippen LogP contribution in [0.25, 0.3) is 0 Å². The molecule has 2 rings (SSSR count). The minimum atomic E-state index is -0.632. The first-order valence-electron chi connectivity index (χ1n) is 7.61. The third-order valence-corrected chi connectivity index (χ3v) is 3.26. The van der Waals surface area contributed by atoms with E-state index in [1.807, 2.05) is 44.2 Å². The Morgan fingerprint density at radius 1 is 1.04 bits per heavy atom. The van der Waals surface area contributed by atoms with Crippen molar-refractivity contribution in [2.75, 3.05) is 0 Å². The van der Waals surface area contributed by atoms with Crippen LogP contribution >= 0.6 is 0 Å². The Bertz CT molecular complexity index is 642. The van der Waals surface area contributed by atoms with Gasteiger partial charge in [0, 0.05) is 24.9 Å². The molecular formula is C18H21N3O2. The number of hydrogen-bond donors (Lipinski definition) is 2. The van der Waals surface area contributed by atoms with Gasteiger partial charge in [-0.15, -0.1) is 0 Å². The predicted octanol–water partition coefficient (Wildman–Crippen LogP) is 1.95. The van der Waals surface area contributed by atoms with Gasteiger partial charge in [0.2, 0.25) is 5.91 Å². The van der Waals surface area contributed by atoms with Gasteiger partial charge in [-0.1, -0.05) is 30.3 Å². The minimum absolute atomic E-state index is 0.0102. The maximum Gasteiger partial charge on any atom is 0.253 e. The van der Waals surface area contributed by atoms with E-state index in [0.717, 1.165) is 5.56 Å². The van der Waals surface area contributed by atoms with Gasteiger partial charge in [0.1, 0.15) is 6.04 Å². The first-order chi connectivity index (χ1) is 11.1. The summed E-state index contributed by atoms with van der Waals surface area (Å²) in [6, 6.07) is 12.4. The van der Waals surface area contributed by atoms with E-state index in [2.05, 4.69) is 15.6 Å². The molecule has 0 spiro atoms. The van der Waals surface area contributed by atoms with Gasteiger partial charge in [0.25, 0.3) is 5.91 Å². The van der Waals surface area contributed by atoms with Gasteiger partial charge in [0.15, 0.2) is 0 Å². The van der Waals surface area contributed by atoms with Crippen molar-refractivity contribution in [2.45, 2.75) is 32.4 Å². The zero-order valence-electron chi connectivity index (χ0n) is 13.3. The molecule has 0 saturated heterocycles. The second-order valence-corrected chi connectivity index (χ2v) is 5.62. The molecule has 5 nitrogen and oxygen atoms in total. The Morgan fingerprint density at radius 3 is 2.39 bits per heavy atom. The van der Waals surface area contributed by atoms with Crippen LogP contribution in [0.5, 0.6) is 0 Å². The van der Waals surface area contributed by atoms with Gasteiger partial charge in [-0.3, -0.25) is 14.6 Å². The molecule has 0 aliphatic heterocycles. The van der Waals surface area contributed by atoms with Crippen LogP contribution in [0, 0.1) is 0 Å². The molecule has 0 fully saturated rings. The summed E-state index contributed by atoms with van der Waals surface area (Å²) in [5.74, 6) is -0.501. The lowest BCUT2D eigenvalue weighted by atomic mass is 10.0. The zero-order chi connectivity index (χ0) is 16.7. The highest BCUT2D eigenvalue weighted by molar-refractivity contribution is 5.97. The molecule has 2 N–H and O–H groups in total. The number of amides is 2. The van der Waals surface area contributed by atoms with Crippen LogP contribution in [-0.2, 0) is 11.2 Å². The highest BCUT2D eigenvalue weighted by atomic mass is 16.2. The number of pyridine rings is 1. The summed E-state index contributed by atoms with van der Waals surface area (Å²) < 4.78 is 0. The summed E-state index contributed by atoms with van der Waals surface area (Å²) in [5.41, 5.74) is 1.42. The average Bonchev–Trinajstić information content (AvgIpc) is 2.55.